The molecule has 0 spiro atoms. The van der Waals surface area contributed by atoms with Crippen molar-refractivity contribution in [1.29, 1.82) is 0 Å². The molecule has 0 atom stereocenters. The Hall–Kier alpha value is -1.66. The minimum atomic E-state index is -0.775. The highest BCUT2D eigenvalue weighted by Gasteiger charge is 2.17. The lowest BCUT2D eigenvalue weighted by Crippen LogP contribution is -2.46. The van der Waals surface area contributed by atoms with Crippen molar-refractivity contribution in [2.24, 2.45) is 0 Å². The number of nitrogens with zero attached hydrogens (tertiary/aromatic N) is 2. The number of phenols is 1. The Morgan fingerprint density at radius 1 is 1.15 bits per heavy atom. The minimum absolute atomic E-state index is 0.0555. The summed E-state index contributed by atoms with van der Waals surface area (Å²) in [7, 11) is 0. The van der Waals surface area contributed by atoms with Gasteiger partial charge < -0.3 is 15.1 Å². The van der Waals surface area contributed by atoms with Crippen LogP contribution in [0.1, 0.15) is 12.0 Å². The first-order valence-corrected chi connectivity index (χ1v) is 6.68. The predicted molar refractivity (Wildman–Crippen MR) is 72.0 cm³/mol. The average Bonchev–Trinajstić information content (AvgIpc) is 2.36. The molecule has 0 aliphatic carbocycles. The molecule has 1 heterocycles. The van der Waals surface area contributed by atoms with Gasteiger partial charge >= 0.3 is 5.97 Å². The van der Waals surface area contributed by atoms with Gasteiger partial charge in [0.05, 0.1) is 6.42 Å². The molecule has 6 heteroatoms. The number of aliphatic carboxylic acids is 1. The van der Waals surface area contributed by atoms with Gasteiger partial charge in [0, 0.05) is 45.3 Å². The molecule has 0 bridgehead atoms. The van der Waals surface area contributed by atoms with Crippen molar-refractivity contribution in [3.8, 4) is 5.75 Å². The number of halogens is 1. The maximum Gasteiger partial charge on any atom is 0.304 e. The van der Waals surface area contributed by atoms with Crippen molar-refractivity contribution in [1.82, 2.24) is 9.80 Å². The quantitative estimate of drug-likeness (QED) is 0.847. The van der Waals surface area contributed by atoms with Crippen LogP contribution in [0.3, 0.4) is 0 Å². The number of hydrogen-bond donors (Lipinski definition) is 2. The molecule has 5 nitrogen and oxygen atoms in total. The Kier molecular flexibility index (Phi) is 4.92. The SMILES string of the molecule is O=C(O)CCN1CCN(Cc2cc(O)cc(F)c2)CC1. The first kappa shape index (κ1) is 14.7. The van der Waals surface area contributed by atoms with Gasteiger partial charge in [-0.15, -0.1) is 0 Å². The smallest absolute Gasteiger partial charge is 0.304 e. The van der Waals surface area contributed by atoms with E-state index >= 15 is 0 Å². The van der Waals surface area contributed by atoms with E-state index in [1.54, 1.807) is 6.07 Å². The molecule has 1 aromatic rings. The van der Waals surface area contributed by atoms with Crippen LogP contribution in [0, 0.1) is 5.82 Å². The monoisotopic (exact) mass is 282 g/mol. The molecular formula is C14H19FN2O3. The van der Waals surface area contributed by atoms with Crippen LogP contribution in [0.25, 0.3) is 0 Å². The molecule has 2 rings (SSSR count). The number of piperazine rings is 1. The molecule has 1 aliphatic rings. The molecule has 0 unspecified atom stereocenters. The summed E-state index contributed by atoms with van der Waals surface area (Å²) in [6, 6.07) is 4.09. The zero-order chi connectivity index (χ0) is 14.5. The highest BCUT2D eigenvalue weighted by Crippen LogP contribution is 2.17. The predicted octanol–water partition coefficient (Wildman–Crippen LogP) is 1.12. The Morgan fingerprint density at radius 3 is 2.40 bits per heavy atom. The molecule has 1 aliphatic heterocycles. The van der Waals surface area contributed by atoms with Gasteiger partial charge in [-0.05, 0) is 17.7 Å². The van der Waals surface area contributed by atoms with E-state index in [0.717, 1.165) is 37.8 Å². The number of hydrogen-bond acceptors (Lipinski definition) is 4. The summed E-state index contributed by atoms with van der Waals surface area (Å²) < 4.78 is 13.2. The van der Waals surface area contributed by atoms with Crippen LogP contribution in [0.15, 0.2) is 18.2 Å². The van der Waals surface area contributed by atoms with E-state index in [9.17, 15) is 14.3 Å². The molecule has 20 heavy (non-hydrogen) atoms. The van der Waals surface area contributed by atoms with Gasteiger partial charge in [0.15, 0.2) is 0 Å². The number of aromatic hydroxyl groups is 1. The number of phenolic OH excluding ortho intramolecular Hbond substituents is 1. The Labute approximate surface area is 117 Å². The molecule has 0 saturated carbocycles. The molecule has 1 saturated heterocycles. The van der Waals surface area contributed by atoms with Gasteiger partial charge in [0.2, 0.25) is 0 Å². The zero-order valence-electron chi connectivity index (χ0n) is 11.3. The maximum atomic E-state index is 13.2. The number of carbonyl (C=O) groups is 1. The van der Waals surface area contributed by atoms with Crippen molar-refractivity contribution < 1.29 is 19.4 Å². The molecule has 2 N–H and O–H groups in total. The van der Waals surface area contributed by atoms with Gasteiger partial charge in [0.25, 0.3) is 0 Å². The largest absolute Gasteiger partial charge is 0.508 e. The van der Waals surface area contributed by atoms with E-state index in [1.165, 1.54) is 6.07 Å². The van der Waals surface area contributed by atoms with Crippen LogP contribution in [0.4, 0.5) is 4.39 Å². The lowest BCUT2D eigenvalue weighted by Gasteiger charge is -2.34. The number of benzene rings is 1. The van der Waals surface area contributed by atoms with Crippen molar-refractivity contribution in [2.75, 3.05) is 32.7 Å². The maximum absolute atomic E-state index is 13.2. The molecule has 1 aromatic carbocycles. The molecule has 110 valence electrons. The fourth-order valence-electron chi connectivity index (χ4n) is 2.41. The Bertz CT molecular complexity index is 453. The summed E-state index contributed by atoms with van der Waals surface area (Å²) in [6.45, 7) is 4.43. The summed E-state index contributed by atoms with van der Waals surface area (Å²) in [5, 5.41) is 18.0. The van der Waals surface area contributed by atoms with Crippen LogP contribution in [0.2, 0.25) is 0 Å². The van der Waals surface area contributed by atoms with Crippen LogP contribution in [-0.2, 0) is 11.3 Å². The third kappa shape index (κ3) is 4.47. The van der Waals surface area contributed by atoms with Gasteiger partial charge in [-0.3, -0.25) is 9.69 Å². The van der Waals surface area contributed by atoms with E-state index in [-0.39, 0.29) is 12.2 Å². The Morgan fingerprint density at radius 2 is 1.80 bits per heavy atom. The summed E-state index contributed by atoms with van der Waals surface area (Å²) >= 11 is 0. The van der Waals surface area contributed by atoms with Crippen molar-refractivity contribution >= 4 is 5.97 Å². The topological polar surface area (TPSA) is 64.0 Å². The third-order valence-corrected chi connectivity index (χ3v) is 3.46. The first-order valence-electron chi connectivity index (χ1n) is 6.68. The second kappa shape index (κ2) is 6.67. The third-order valence-electron chi connectivity index (χ3n) is 3.46. The van der Waals surface area contributed by atoms with Gasteiger partial charge in [0.1, 0.15) is 11.6 Å². The number of carboxylic acid groups (broad SMARTS) is 1. The van der Waals surface area contributed by atoms with E-state index < -0.39 is 11.8 Å². The lowest BCUT2D eigenvalue weighted by molar-refractivity contribution is -0.137. The van der Waals surface area contributed by atoms with E-state index in [4.69, 9.17) is 5.11 Å². The number of carboxylic acids is 1. The molecule has 0 radical (unpaired) electrons. The highest BCUT2D eigenvalue weighted by molar-refractivity contribution is 5.66. The van der Waals surface area contributed by atoms with Crippen molar-refractivity contribution in [3.05, 3.63) is 29.6 Å². The summed E-state index contributed by atoms with van der Waals surface area (Å²) in [5.74, 6) is -1.26. The molecule has 0 aromatic heterocycles. The number of rotatable bonds is 5. The van der Waals surface area contributed by atoms with Crippen LogP contribution >= 0.6 is 0 Å². The second-order valence-electron chi connectivity index (χ2n) is 5.08. The van der Waals surface area contributed by atoms with E-state index in [2.05, 4.69) is 9.80 Å². The highest BCUT2D eigenvalue weighted by atomic mass is 19.1. The molecular weight excluding hydrogens is 263 g/mol. The average molecular weight is 282 g/mol. The van der Waals surface area contributed by atoms with Crippen LogP contribution in [0.5, 0.6) is 5.75 Å². The van der Waals surface area contributed by atoms with Gasteiger partial charge in [-0.25, -0.2) is 4.39 Å². The van der Waals surface area contributed by atoms with Crippen molar-refractivity contribution in [2.45, 2.75) is 13.0 Å². The summed E-state index contributed by atoms with van der Waals surface area (Å²) in [6.07, 6.45) is 0.164. The van der Waals surface area contributed by atoms with Gasteiger partial charge in [-0.2, -0.15) is 0 Å². The van der Waals surface area contributed by atoms with E-state index in [0.29, 0.717) is 13.1 Å². The van der Waals surface area contributed by atoms with Crippen molar-refractivity contribution in [3.63, 3.8) is 0 Å². The second-order valence-corrected chi connectivity index (χ2v) is 5.08. The van der Waals surface area contributed by atoms with E-state index in [1.807, 2.05) is 0 Å². The first-order chi connectivity index (χ1) is 9.52. The van der Waals surface area contributed by atoms with Crippen LogP contribution in [-0.4, -0.2) is 58.7 Å². The van der Waals surface area contributed by atoms with Gasteiger partial charge in [-0.1, -0.05) is 0 Å². The lowest BCUT2D eigenvalue weighted by atomic mass is 10.1. The Balaban J connectivity index is 1.80. The fraction of sp³-hybridized carbons (Fsp3) is 0.500. The minimum Gasteiger partial charge on any atom is -0.508 e. The molecule has 1 fully saturated rings. The molecule has 0 amide bonds. The van der Waals surface area contributed by atoms with Crippen LogP contribution < -0.4 is 0 Å². The normalized spacial score (nSPS) is 17.2. The zero-order valence-corrected chi connectivity index (χ0v) is 11.3. The fourth-order valence-corrected chi connectivity index (χ4v) is 2.41. The standard InChI is InChI=1S/C14H19FN2O3/c15-12-7-11(8-13(18)9-12)10-17-5-3-16(4-6-17)2-1-14(19)20/h7-9,18H,1-6,10H2,(H,19,20). The summed E-state index contributed by atoms with van der Waals surface area (Å²) in [5.41, 5.74) is 0.751. The summed E-state index contributed by atoms with van der Waals surface area (Å²) in [4.78, 5) is 14.8.